The summed E-state index contributed by atoms with van der Waals surface area (Å²) in [6, 6.07) is 17.4. The maximum Gasteiger partial charge on any atom is 0.242 e. The highest BCUT2D eigenvalue weighted by molar-refractivity contribution is 7.89. The Balaban J connectivity index is 1.88. The van der Waals surface area contributed by atoms with Crippen molar-refractivity contribution in [1.82, 2.24) is 4.72 Å². The third-order valence-corrected chi connectivity index (χ3v) is 6.31. The molecule has 0 spiro atoms. The van der Waals surface area contributed by atoms with Gasteiger partial charge in [-0.25, -0.2) is 12.8 Å². The fourth-order valence-electron chi connectivity index (χ4n) is 3.00. The largest absolute Gasteiger partial charge is 0.492 e. The fraction of sp³-hybridized carbons (Fsp3) is 0.174. The molecule has 0 aliphatic heterocycles. The topological polar surface area (TPSA) is 84.5 Å². The zero-order chi connectivity index (χ0) is 23.1. The van der Waals surface area contributed by atoms with Crippen molar-refractivity contribution in [1.29, 1.82) is 0 Å². The molecule has 0 aromatic heterocycles. The van der Waals surface area contributed by atoms with Gasteiger partial charge in [0.15, 0.2) is 0 Å². The van der Waals surface area contributed by atoms with E-state index in [4.69, 9.17) is 16.3 Å². The number of ether oxygens (including phenoxy) is 1. The molecular formula is C23H22ClFN2O4S. The molecule has 0 fully saturated rings. The highest BCUT2D eigenvalue weighted by atomic mass is 35.5. The molecular weight excluding hydrogens is 455 g/mol. The van der Waals surface area contributed by atoms with Crippen molar-refractivity contribution in [3.8, 4) is 5.75 Å². The average Bonchev–Trinajstić information content (AvgIpc) is 2.77. The summed E-state index contributed by atoms with van der Waals surface area (Å²) in [6.07, 6.45) is 0.0606. The third-order valence-electron chi connectivity index (χ3n) is 4.54. The number of benzene rings is 3. The lowest BCUT2D eigenvalue weighted by Gasteiger charge is -2.19. The minimum atomic E-state index is -4.13. The SMILES string of the molecule is CCOc1ccc(S(=O)(=O)N[C@@H](Cc2ccccc2)C(=O)Nc2ccccc2F)cc1Cl. The molecule has 32 heavy (non-hydrogen) atoms. The lowest BCUT2D eigenvalue weighted by atomic mass is 10.1. The number of carbonyl (C=O) groups excluding carboxylic acids is 1. The highest BCUT2D eigenvalue weighted by Gasteiger charge is 2.27. The van der Waals surface area contributed by atoms with Crippen LogP contribution >= 0.6 is 11.6 Å². The molecule has 0 heterocycles. The minimum absolute atomic E-state index is 0.0427. The lowest BCUT2D eigenvalue weighted by Crippen LogP contribution is -2.45. The van der Waals surface area contributed by atoms with E-state index in [9.17, 15) is 17.6 Å². The third kappa shape index (κ3) is 6.06. The van der Waals surface area contributed by atoms with Gasteiger partial charge in [-0.1, -0.05) is 54.1 Å². The molecule has 0 saturated heterocycles. The number of carbonyl (C=O) groups is 1. The van der Waals surface area contributed by atoms with Crippen molar-refractivity contribution < 1.29 is 22.3 Å². The van der Waals surface area contributed by atoms with Crippen LogP contribution in [0.4, 0.5) is 10.1 Å². The van der Waals surface area contributed by atoms with Gasteiger partial charge in [0.25, 0.3) is 0 Å². The van der Waals surface area contributed by atoms with Crippen LogP contribution in [0.5, 0.6) is 5.75 Å². The lowest BCUT2D eigenvalue weighted by molar-refractivity contribution is -0.117. The first-order valence-electron chi connectivity index (χ1n) is 9.84. The smallest absolute Gasteiger partial charge is 0.242 e. The van der Waals surface area contributed by atoms with E-state index in [1.165, 1.54) is 36.4 Å². The Kier molecular flexibility index (Phi) is 7.84. The number of hydrogen-bond acceptors (Lipinski definition) is 4. The minimum Gasteiger partial charge on any atom is -0.492 e. The Labute approximate surface area is 191 Å². The summed E-state index contributed by atoms with van der Waals surface area (Å²) in [4.78, 5) is 12.8. The van der Waals surface area contributed by atoms with Crippen LogP contribution in [0.3, 0.4) is 0 Å². The van der Waals surface area contributed by atoms with Gasteiger partial charge in [-0.3, -0.25) is 4.79 Å². The molecule has 0 radical (unpaired) electrons. The van der Waals surface area contributed by atoms with Crippen LogP contribution in [0.25, 0.3) is 0 Å². The van der Waals surface area contributed by atoms with Crippen LogP contribution in [0.2, 0.25) is 5.02 Å². The summed E-state index contributed by atoms with van der Waals surface area (Å²) < 4.78 is 47.8. The van der Waals surface area contributed by atoms with Crippen LogP contribution < -0.4 is 14.8 Å². The second-order valence-electron chi connectivity index (χ2n) is 6.86. The predicted octanol–water partition coefficient (Wildman–Crippen LogP) is 4.41. The molecule has 1 atom stereocenters. The van der Waals surface area contributed by atoms with E-state index in [2.05, 4.69) is 10.0 Å². The van der Waals surface area contributed by atoms with Crippen molar-refractivity contribution in [2.75, 3.05) is 11.9 Å². The molecule has 1 amide bonds. The molecule has 0 aliphatic rings. The van der Waals surface area contributed by atoms with E-state index >= 15 is 0 Å². The van der Waals surface area contributed by atoms with Gasteiger partial charge < -0.3 is 10.1 Å². The number of amides is 1. The maximum absolute atomic E-state index is 14.0. The summed E-state index contributed by atoms with van der Waals surface area (Å²) in [5, 5.41) is 2.58. The zero-order valence-electron chi connectivity index (χ0n) is 17.2. The summed E-state index contributed by atoms with van der Waals surface area (Å²) in [5.41, 5.74) is 0.687. The molecule has 3 rings (SSSR count). The number of nitrogens with one attached hydrogen (secondary N) is 2. The van der Waals surface area contributed by atoms with Crippen molar-refractivity contribution in [2.45, 2.75) is 24.3 Å². The number of sulfonamides is 1. The number of anilines is 1. The second-order valence-corrected chi connectivity index (χ2v) is 8.98. The van der Waals surface area contributed by atoms with Crippen LogP contribution in [-0.4, -0.2) is 27.0 Å². The second kappa shape index (κ2) is 10.6. The normalized spacial score (nSPS) is 12.2. The summed E-state index contributed by atoms with van der Waals surface area (Å²) in [5.74, 6) is -0.966. The van der Waals surface area contributed by atoms with Gasteiger partial charge in [0.05, 0.1) is 22.2 Å². The monoisotopic (exact) mass is 476 g/mol. The van der Waals surface area contributed by atoms with Gasteiger partial charge in [-0.2, -0.15) is 4.72 Å². The van der Waals surface area contributed by atoms with Crippen LogP contribution in [0.1, 0.15) is 12.5 Å². The maximum atomic E-state index is 14.0. The van der Waals surface area contributed by atoms with Crippen molar-refractivity contribution in [3.63, 3.8) is 0 Å². The molecule has 0 aliphatic carbocycles. The Bertz CT molecular complexity index is 1190. The summed E-state index contributed by atoms with van der Waals surface area (Å²) in [7, 11) is -4.13. The van der Waals surface area contributed by atoms with E-state index in [1.807, 2.05) is 6.07 Å². The molecule has 0 unspecified atom stereocenters. The predicted molar refractivity (Wildman–Crippen MR) is 122 cm³/mol. The van der Waals surface area contributed by atoms with E-state index < -0.39 is 27.8 Å². The number of halogens is 2. The number of hydrogen-bond donors (Lipinski definition) is 2. The molecule has 2 N–H and O–H groups in total. The van der Waals surface area contributed by atoms with Crippen molar-refractivity contribution >= 4 is 33.2 Å². The Hall–Kier alpha value is -2.94. The summed E-state index contributed by atoms with van der Waals surface area (Å²) >= 11 is 6.13. The average molecular weight is 477 g/mol. The van der Waals surface area contributed by atoms with E-state index in [1.54, 1.807) is 37.3 Å². The first kappa shape index (κ1) is 23.7. The standard InChI is InChI=1S/C23H22ClFN2O4S/c1-2-31-22-13-12-17(15-18(22)24)32(29,30)27-21(14-16-8-4-3-5-9-16)23(28)26-20-11-7-6-10-19(20)25/h3-13,15,21,27H,2,14H2,1H3,(H,26,28)/t21-/m0/s1. The Morgan fingerprint density at radius 3 is 2.41 bits per heavy atom. The first-order valence-corrected chi connectivity index (χ1v) is 11.7. The quantitative estimate of drug-likeness (QED) is 0.479. The highest BCUT2D eigenvalue weighted by Crippen LogP contribution is 2.27. The molecule has 3 aromatic carbocycles. The van der Waals surface area contributed by atoms with Gasteiger partial charge in [0.2, 0.25) is 15.9 Å². The number of rotatable bonds is 9. The van der Waals surface area contributed by atoms with E-state index in [-0.39, 0.29) is 22.0 Å². The molecule has 9 heteroatoms. The zero-order valence-corrected chi connectivity index (χ0v) is 18.8. The Morgan fingerprint density at radius 2 is 1.75 bits per heavy atom. The Morgan fingerprint density at radius 1 is 1.06 bits per heavy atom. The van der Waals surface area contributed by atoms with Crippen LogP contribution in [0, 0.1) is 5.82 Å². The van der Waals surface area contributed by atoms with Gasteiger partial charge >= 0.3 is 0 Å². The van der Waals surface area contributed by atoms with Gasteiger partial charge in [-0.15, -0.1) is 0 Å². The molecule has 0 saturated carbocycles. The van der Waals surface area contributed by atoms with Crippen LogP contribution in [0.15, 0.2) is 77.7 Å². The molecule has 6 nitrogen and oxygen atoms in total. The van der Waals surface area contributed by atoms with E-state index in [0.717, 1.165) is 5.56 Å². The van der Waals surface area contributed by atoms with Crippen LogP contribution in [-0.2, 0) is 21.2 Å². The van der Waals surface area contributed by atoms with Gasteiger partial charge in [-0.05, 0) is 49.2 Å². The fourth-order valence-corrected chi connectivity index (χ4v) is 4.52. The molecule has 168 valence electrons. The summed E-state index contributed by atoms with van der Waals surface area (Å²) in [6.45, 7) is 2.16. The van der Waals surface area contributed by atoms with Gasteiger partial charge in [0.1, 0.15) is 17.6 Å². The number of para-hydroxylation sites is 1. The molecule has 0 bridgehead atoms. The van der Waals surface area contributed by atoms with E-state index in [0.29, 0.717) is 12.4 Å². The first-order chi connectivity index (χ1) is 15.3. The van der Waals surface area contributed by atoms with Gasteiger partial charge in [0, 0.05) is 0 Å². The van der Waals surface area contributed by atoms with Crippen molar-refractivity contribution in [2.24, 2.45) is 0 Å². The molecule has 3 aromatic rings. The van der Waals surface area contributed by atoms with Crippen molar-refractivity contribution in [3.05, 3.63) is 89.2 Å².